The second-order valence-corrected chi connectivity index (χ2v) is 9.03. The lowest BCUT2D eigenvalue weighted by atomic mass is 9.69. The molecule has 1 amide bonds. The van der Waals surface area contributed by atoms with Gasteiger partial charge < -0.3 is 14.2 Å². The maximum atomic E-state index is 13.4. The number of hydrogen-bond donors (Lipinski definition) is 0. The number of halogens is 1. The molecule has 1 aliphatic heterocycles. The van der Waals surface area contributed by atoms with Crippen molar-refractivity contribution in [2.45, 2.75) is 32.8 Å². The fraction of sp³-hybridized carbons (Fsp3) is 0.391. The molecule has 0 N–H and O–H groups in total. The summed E-state index contributed by atoms with van der Waals surface area (Å²) in [6, 6.07) is 11.1. The molecule has 0 saturated carbocycles. The molecule has 29 heavy (non-hydrogen) atoms. The van der Waals surface area contributed by atoms with Crippen LogP contribution in [0.4, 0.5) is 0 Å². The number of amides is 1. The molecule has 0 bridgehead atoms. The Morgan fingerprint density at radius 3 is 2.59 bits per heavy atom. The van der Waals surface area contributed by atoms with Gasteiger partial charge in [0, 0.05) is 28.9 Å². The van der Waals surface area contributed by atoms with E-state index in [2.05, 4.69) is 0 Å². The van der Waals surface area contributed by atoms with E-state index in [0.717, 1.165) is 5.69 Å². The largest absolute Gasteiger partial charge is 0.367 e. The quantitative estimate of drug-likeness (QED) is 0.739. The molecule has 2 heterocycles. The summed E-state index contributed by atoms with van der Waals surface area (Å²) in [5, 5.41) is 0.653. The first-order valence-corrected chi connectivity index (χ1v) is 10.2. The smallest absolute Gasteiger partial charge is 0.271 e. The SMILES string of the molecule is CC1=CC2(CN(C(=O)c3cccn3-c3ccc(Cl)cc3)CCO2)CC(C)(C)C1=O. The predicted molar refractivity (Wildman–Crippen MR) is 113 cm³/mol. The lowest BCUT2D eigenvalue weighted by Gasteiger charge is -2.47. The zero-order valence-electron chi connectivity index (χ0n) is 16.9. The van der Waals surface area contributed by atoms with Crippen molar-refractivity contribution in [2.24, 2.45) is 5.41 Å². The van der Waals surface area contributed by atoms with Gasteiger partial charge in [0.25, 0.3) is 5.91 Å². The molecule has 1 aromatic heterocycles. The number of carbonyl (C=O) groups is 2. The van der Waals surface area contributed by atoms with E-state index in [1.54, 1.807) is 0 Å². The third-order valence-electron chi connectivity index (χ3n) is 5.76. The molecule has 6 heteroatoms. The molecule has 1 fully saturated rings. The average Bonchev–Trinajstić information content (AvgIpc) is 3.15. The Kier molecular flexibility index (Phi) is 4.91. The van der Waals surface area contributed by atoms with Gasteiger partial charge in [-0.05, 0) is 61.4 Å². The van der Waals surface area contributed by atoms with Crippen LogP contribution in [-0.4, -0.2) is 46.5 Å². The fourth-order valence-electron chi connectivity index (χ4n) is 4.59. The maximum absolute atomic E-state index is 13.4. The van der Waals surface area contributed by atoms with E-state index < -0.39 is 11.0 Å². The first-order chi connectivity index (χ1) is 13.7. The Balaban J connectivity index is 1.62. The van der Waals surface area contributed by atoms with E-state index in [1.807, 2.05) is 78.9 Å². The lowest BCUT2D eigenvalue weighted by Crippen LogP contribution is -2.57. The molecule has 1 aliphatic carbocycles. The molecule has 2 aliphatic rings. The van der Waals surface area contributed by atoms with Gasteiger partial charge in [-0.15, -0.1) is 0 Å². The standard InChI is InChI=1S/C23H25ClN2O3/c1-16-13-23(14-22(2,3)20(16)27)15-25(11-12-29-23)21(28)19-5-4-10-26(19)18-8-6-17(24)7-9-18/h4-10,13H,11-12,14-15H2,1-3H3. The number of ketones is 1. The van der Waals surface area contributed by atoms with Crippen molar-refractivity contribution in [1.29, 1.82) is 0 Å². The second-order valence-electron chi connectivity index (χ2n) is 8.60. The van der Waals surface area contributed by atoms with Gasteiger partial charge in [0.1, 0.15) is 11.3 Å². The Bertz CT molecular complexity index is 990. The van der Waals surface area contributed by atoms with Gasteiger partial charge in [-0.25, -0.2) is 0 Å². The number of nitrogens with zero attached hydrogens (tertiary/aromatic N) is 2. The molecule has 1 aromatic carbocycles. The zero-order chi connectivity index (χ0) is 20.8. The van der Waals surface area contributed by atoms with Crippen LogP contribution in [-0.2, 0) is 9.53 Å². The summed E-state index contributed by atoms with van der Waals surface area (Å²) >= 11 is 6.00. The highest BCUT2D eigenvalue weighted by atomic mass is 35.5. The number of rotatable bonds is 2. The van der Waals surface area contributed by atoms with Crippen LogP contribution in [0.2, 0.25) is 5.02 Å². The third-order valence-corrected chi connectivity index (χ3v) is 6.01. The topological polar surface area (TPSA) is 51.5 Å². The first kappa shape index (κ1) is 19.9. The van der Waals surface area contributed by atoms with Crippen molar-refractivity contribution in [2.75, 3.05) is 19.7 Å². The number of benzene rings is 1. The van der Waals surface area contributed by atoms with Gasteiger partial charge in [0.2, 0.25) is 0 Å². The van der Waals surface area contributed by atoms with E-state index >= 15 is 0 Å². The van der Waals surface area contributed by atoms with Crippen molar-refractivity contribution in [3.63, 3.8) is 0 Å². The number of ether oxygens (including phenoxy) is 1. The number of hydrogen-bond acceptors (Lipinski definition) is 3. The predicted octanol–water partition coefficient (Wildman–Crippen LogP) is 4.29. The van der Waals surface area contributed by atoms with Crippen LogP contribution in [0.1, 0.15) is 37.7 Å². The Morgan fingerprint density at radius 2 is 1.90 bits per heavy atom. The molecule has 152 valence electrons. The van der Waals surface area contributed by atoms with Crippen molar-refractivity contribution in [3.05, 3.63) is 65.0 Å². The summed E-state index contributed by atoms with van der Waals surface area (Å²) < 4.78 is 8.01. The normalized spacial score (nSPS) is 23.9. The average molecular weight is 413 g/mol. The zero-order valence-corrected chi connectivity index (χ0v) is 17.7. The fourth-order valence-corrected chi connectivity index (χ4v) is 4.72. The van der Waals surface area contributed by atoms with Gasteiger partial charge in [-0.3, -0.25) is 9.59 Å². The van der Waals surface area contributed by atoms with Gasteiger partial charge >= 0.3 is 0 Å². The van der Waals surface area contributed by atoms with Crippen LogP contribution in [0.25, 0.3) is 5.69 Å². The van der Waals surface area contributed by atoms with Gasteiger partial charge in [-0.1, -0.05) is 25.4 Å². The molecule has 4 rings (SSSR count). The van der Waals surface area contributed by atoms with Crippen molar-refractivity contribution in [3.8, 4) is 5.69 Å². The van der Waals surface area contributed by atoms with E-state index in [1.165, 1.54) is 0 Å². The summed E-state index contributed by atoms with van der Waals surface area (Å²) in [4.78, 5) is 27.7. The van der Waals surface area contributed by atoms with Crippen LogP contribution >= 0.6 is 11.6 Å². The van der Waals surface area contributed by atoms with Gasteiger partial charge in [-0.2, -0.15) is 0 Å². The maximum Gasteiger partial charge on any atom is 0.271 e. The highest BCUT2D eigenvalue weighted by molar-refractivity contribution is 6.30. The van der Waals surface area contributed by atoms with E-state index in [-0.39, 0.29) is 11.7 Å². The van der Waals surface area contributed by atoms with Crippen LogP contribution in [0, 0.1) is 5.41 Å². The van der Waals surface area contributed by atoms with E-state index in [4.69, 9.17) is 16.3 Å². The highest BCUT2D eigenvalue weighted by Crippen LogP contribution is 2.41. The van der Waals surface area contributed by atoms with Gasteiger partial charge in [0.15, 0.2) is 5.78 Å². The molecule has 0 radical (unpaired) electrons. The second kappa shape index (κ2) is 7.15. The Hall–Kier alpha value is -2.37. The highest BCUT2D eigenvalue weighted by Gasteiger charge is 2.47. The molecule has 1 saturated heterocycles. The molecule has 5 nitrogen and oxygen atoms in total. The van der Waals surface area contributed by atoms with E-state index in [0.29, 0.717) is 42.4 Å². The summed E-state index contributed by atoms with van der Waals surface area (Å²) in [7, 11) is 0. The van der Waals surface area contributed by atoms with Crippen molar-refractivity contribution in [1.82, 2.24) is 9.47 Å². The monoisotopic (exact) mass is 412 g/mol. The van der Waals surface area contributed by atoms with E-state index in [9.17, 15) is 9.59 Å². The van der Waals surface area contributed by atoms with Crippen LogP contribution in [0.15, 0.2) is 54.2 Å². The summed E-state index contributed by atoms with van der Waals surface area (Å²) in [5.74, 6) is 0.0974. The Labute approximate surface area is 175 Å². The molecule has 1 unspecified atom stereocenters. The molecule has 1 spiro atoms. The minimum Gasteiger partial charge on any atom is -0.367 e. The van der Waals surface area contributed by atoms with Crippen LogP contribution in [0.5, 0.6) is 0 Å². The Morgan fingerprint density at radius 1 is 1.17 bits per heavy atom. The number of morpholine rings is 1. The van der Waals surface area contributed by atoms with Gasteiger partial charge in [0.05, 0.1) is 13.2 Å². The summed E-state index contributed by atoms with van der Waals surface area (Å²) in [6.45, 7) is 7.13. The number of Topliss-reactive ketones (excluding diaryl/α,β-unsaturated/α-hetero) is 1. The number of allylic oxidation sites excluding steroid dienone is 1. The minimum atomic E-state index is -0.618. The molecule has 2 aromatic rings. The summed E-state index contributed by atoms with van der Waals surface area (Å²) in [6.07, 6.45) is 4.36. The molecule has 1 atom stereocenters. The number of carbonyl (C=O) groups excluding carboxylic acids is 2. The van der Waals surface area contributed by atoms with Crippen LogP contribution < -0.4 is 0 Å². The third kappa shape index (κ3) is 3.65. The minimum absolute atomic E-state index is 0.0478. The first-order valence-electron chi connectivity index (χ1n) is 9.82. The summed E-state index contributed by atoms with van der Waals surface area (Å²) in [5.41, 5.74) is 1.06. The number of aromatic nitrogens is 1. The van der Waals surface area contributed by atoms with Crippen molar-refractivity contribution >= 4 is 23.3 Å². The van der Waals surface area contributed by atoms with Crippen molar-refractivity contribution < 1.29 is 14.3 Å². The molecular weight excluding hydrogens is 388 g/mol. The molecular formula is C23H25ClN2O3. The lowest BCUT2D eigenvalue weighted by molar-refractivity contribution is -0.135. The van der Waals surface area contributed by atoms with Crippen LogP contribution in [0.3, 0.4) is 0 Å².